The Bertz CT molecular complexity index is 377. The van der Waals surface area contributed by atoms with E-state index in [9.17, 15) is 9.18 Å². The highest BCUT2D eigenvalue weighted by Gasteiger charge is 2.18. The summed E-state index contributed by atoms with van der Waals surface area (Å²) < 4.78 is 13.1. The fraction of sp³-hybridized carbons (Fsp3) is 0.462. The van der Waals surface area contributed by atoms with E-state index in [1.165, 1.54) is 25.0 Å². The van der Waals surface area contributed by atoms with E-state index in [1.807, 2.05) is 0 Å². The summed E-state index contributed by atoms with van der Waals surface area (Å²) in [6.45, 7) is 1.79. The highest BCUT2D eigenvalue weighted by atomic mass is 19.1. The van der Waals surface area contributed by atoms with Gasteiger partial charge in [0.15, 0.2) is 0 Å². The molecule has 1 aromatic carbocycles. The molecule has 0 aliphatic heterocycles. The molecule has 0 unspecified atom stereocenters. The Morgan fingerprint density at radius 1 is 1.31 bits per heavy atom. The van der Waals surface area contributed by atoms with Crippen LogP contribution in [0.15, 0.2) is 18.2 Å². The normalized spacial score (nSPS) is 16.4. The van der Waals surface area contributed by atoms with Crippen molar-refractivity contribution in [2.75, 3.05) is 0 Å². The molecule has 1 aromatic rings. The molecule has 2 nitrogen and oxygen atoms in total. The number of aryl methyl sites for hydroxylation is 1. The first-order valence-electron chi connectivity index (χ1n) is 5.73. The second-order valence-electron chi connectivity index (χ2n) is 4.47. The highest BCUT2D eigenvalue weighted by molar-refractivity contribution is 5.94. The van der Waals surface area contributed by atoms with Crippen molar-refractivity contribution >= 4 is 5.91 Å². The summed E-state index contributed by atoms with van der Waals surface area (Å²) in [7, 11) is 0. The number of carbonyl (C=O) groups excluding carboxylic acids is 1. The summed E-state index contributed by atoms with van der Waals surface area (Å²) in [5.74, 6) is -0.508. The second kappa shape index (κ2) is 4.64. The van der Waals surface area contributed by atoms with Gasteiger partial charge in [0.05, 0.1) is 0 Å². The first kappa shape index (κ1) is 11.1. The van der Waals surface area contributed by atoms with Gasteiger partial charge >= 0.3 is 0 Å². The molecule has 0 spiro atoms. The Morgan fingerprint density at radius 2 is 2.00 bits per heavy atom. The molecule has 1 N–H and O–H groups in total. The second-order valence-corrected chi connectivity index (χ2v) is 4.47. The van der Waals surface area contributed by atoms with E-state index in [1.54, 1.807) is 13.0 Å². The van der Waals surface area contributed by atoms with Gasteiger partial charge in [-0.1, -0.05) is 12.8 Å². The van der Waals surface area contributed by atoms with Gasteiger partial charge in [-0.05, 0) is 43.5 Å². The molecule has 2 rings (SSSR count). The fourth-order valence-electron chi connectivity index (χ4n) is 2.21. The Balaban J connectivity index is 2.07. The smallest absolute Gasteiger partial charge is 0.251 e. The van der Waals surface area contributed by atoms with Crippen molar-refractivity contribution in [2.24, 2.45) is 0 Å². The van der Waals surface area contributed by atoms with Crippen molar-refractivity contribution in [1.29, 1.82) is 0 Å². The number of rotatable bonds is 2. The summed E-state index contributed by atoms with van der Waals surface area (Å²) in [6, 6.07) is 4.70. The highest BCUT2D eigenvalue weighted by Crippen LogP contribution is 2.18. The Hall–Kier alpha value is -1.38. The number of hydrogen-bond acceptors (Lipinski definition) is 1. The molecule has 0 heterocycles. The van der Waals surface area contributed by atoms with Crippen LogP contribution >= 0.6 is 0 Å². The zero-order valence-electron chi connectivity index (χ0n) is 9.42. The van der Waals surface area contributed by atoms with Gasteiger partial charge in [0.2, 0.25) is 0 Å². The van der Waals surface area contributed by atoms with Crippen LogP contribution < -0.4 is 5.32 Å². The molecule has 0 aromatic heterocycles. The van der Waals surface area contributed by atoms with Gasteiger partial charge in [-0.15, -0.1) is 0 Å². The van der Waals surface area contributed by atoms with E-state index in [0.717, 1.165) is 18.4 Å². The Labute approximate surface area is 94.9 Å². The van der Waals surface area contributed by atoms with E-state index in [0.29, 0.717) is 5.56 Å². The van der Waals surface area contributed by atoms with E-state index in [4.69, 9.17) is 0 Å². The third-order valence-electron chi connectivity index (χ3n) is 2.99. The standard InChI is InChI=1S/C13H16FNO/c1-9-6-10(8-11(14)7-9)13(16)15-12-4-2-3-5-12/h6-8,12H,2-5H2,1H3,(H,15,16). The summed E-state index contributed by atoms with van der Waals surface area (Å²) >= 11 is 0. The van der Waals surface area contributed by atoms with Crippen LogP contribution in [-0.4, -0.2) is 11.9 Å². The van der Waals surface area contributed by atoms with Crippen LogP contribution in [0.2, 0.25) is 0 Å². The molecule has 0 saturated heterocycles. The van der Waals surface area contributed by atoms with Crippen LogP contribution in [-0.2, 0) is 0 Å². The van der Waals surface area contributed by atoms with Crippen LogP contribution in [0.25, 0.3) is 0 Å². The predicted molar refractivity (Wildman–Crippen MR) is 60.9 cm³/mol. The minimum Gasteiger partial charge on any atom is -0.349 e. The molecule has 1 aliphatic carbocycles. The van der Waals surface area contributed by atoms with Gasteiger partial charge in [0.1, 0.15) is 5.82 Å². The lowest BCUT2D eigenvalue weighted by Crippen LogP contribution is -2.32. The topological polar surface area (TPSA) is 29.1 Å². The number of amides is 1. The minimum atomic E-state index is -0.350. The molecule has 16 heavy (non-hydrogen) atoms. The molecule has 0 atom stereocenters. The van der Waals surface area contributed by atoms with E-state index >= 15 is 0 Å². The molecule has 1 fully saturated rings. The van der Waals surface area contributed by atoms with Crippen molar-refractivity contribution in [1.82, 2.24) is 5.32 Å². The SMILES string of the molecule is Cc1cc(F)cc(C(=O)NC2CCCC2)c1. The number of hydrogen-bond donors (Lipinski definition) is 1. The van der Waals surface area contributed by atoms with Gasteiger partial charge in [0.25, 0.3) is 5.91 Å². The van der Waals surface area contributed by atoms with Gasteiger partial charge in [0, 0.05) is 11.6 Å². The van der Waals surface area contributed by atoms with E-state index in [2.05, 4.69) is 5.32 Å². The van der Waals surface area contributed by atoms with Crippen molar-refractivity contribution in [2.45, 2.75) is 38.6 Å². The maximum Gasteiger partial charge on any atom is 0.251 e. The Morgan fingerprint density at radius 3 is 2.62 bits per heavy atom. The number of carbonyl (C=O) groups is 1. The largest absolute Gasteiger partial charge is 0.349 e. The summed E-state index contributed by atoms with van der Waals surface area (Å²) in [5, 5.41) is 2.94. The zero-order valence-corrected chi connectivity index (χ0v) is 9.42. The molecular formula is C13H16FNO. The lowest BCUT2D eigenvalue weighted by atomic mass is 10.1. The maximum atomic E-state index is 13.1. The van der Waals surface area contributed by atoms with E-state index in [-0.39, 0.29) is 17.8 Å². The van der Waals surface area contributed by atoms with Crippen molar-refractivity contribution in [3.63, 3.8) is 0 Å². The monoisotopic (exact) mass is 221 g/mol. The third-order valence-corrected chi connectivity index (χ3v) is 2.99. The molecule has 1 amide bonds. The summed E-state index contributed by atoms with van der Waals surface area (Å²) in [5.41, 5.74) is 1.20. The number of halogens is 1. The van der Waals surface area contributed by atoms with Crippen LogP contribution in [0.4, 0.5) is 4.39 Å². The molecule has 1 saturated carbocycles. The first-order chi connectivity index (χ1) is 7.65. The van der Waals surface area contributed by atoms with Crippen LogP contribution in [0.1, 0.15) is 41.6 Å². The summed E-state index contributed by atoms with van der Waals surface area (Å²) in [4.78, 5) is 11.8. The minimum absolute atomic E-state index is 0.158. The van der Waals surface area contributed by atoms with Crippen LogP contribution in [0, 0.1) is 12.7 Å². The first-order valence-corrected chi connectivity index (χ1v) is 5.73. The molecule has 86 valence electrons. The third kappa shape index (κ3) is 2.60. The number of benzene rings is 1. The lowest BCUT2D eigenvalue weighted by Gasteiger charge is -2.12. The van der Waals surface area contributed by atoms with Crippen molar-refractivity contribution < 1.29 is 9.18 Å². The molecular weight excluding hydrogens is 205 g/mol. The molecule has 3 heteroatoms. The van der Waals surface area contributed by atoms with Gasteiger partial charge in [-0.3, -0.25) is 4.79 Å². The zero-order chi connectivity index (χ0) is 11.5. The lowest BCUT2D eigenvalue weighted by molar-refractivity contribution is 0.0937. The van der Waals surface area contributed by atoms with Gasteiger partial charge in [-0.25, -0.2) is 4.39 Å². The van der Waals surface area contributed by atoms with Crippen molar-refractivity contribution in [3.8, 4) is 0 Å². The fourth-order valence-corrected chi connectivity index (χ4v) is 2.21. The molecule has 0 radical (unpaired) electrons. The molecule has 0 bridgehead atoms. The average Bonchev–Trinajstić information content (AvgIpc) is 2.68. The van der Waals surface area contributed by atoms with Crippen molar-refractivity contribution in [3.05, 3.63) is 35.1 Å². The molecule has 1 aliphatic rings. The average molecular weight is 221 g/mol. The van der Waals surface area contributed by atoms with Crippen LogP contribution in [0.5, 0.6) is 0 Å². The number of nitrogens with one attached hydrogen (secondary N) is 1. The van der Waals surface area contributed by atoms with Gasteiger partial charge in [-0.2, -0.15) is 0 Å². The Kier molecular flexibility index (Phi) is 3.22. The summed E-state index contributed by atoms with van der Waals surface area (Å²) in [6.07, 6.45) is 4.43. The van der Waals surface area contributed by atoms with Gasteiger partial charge < -0.3 is 5.32 Å². The maximum absolute atomic E-state index is 13.1. The predicted octanol–water partition coefficient (Wildman–Crippen LogP) is 2.81. The van der Waals surface area contributed by atoms with Crippen LogP contribution in [0.3, 0.4) is 0 Å². The van der Waals surface area contributed by atoms with E-state index < -0.39 is 0 Å². The quantitative estimate of drug-likeness (QED) is 0.817.